The van der Waals surface area contributed by atoms with Gasteiger partial charge in [-0.05, 0) is 43.0 Å². The molecule has 3 aliphatic rings. The molecule has 0 bridgehead atoms. The molecule has 5 rings (SSSR count). The molecule has 0 saturated carbocycles. The van der Waals surface area contributed by atoms with Crippen molar-refractivity contribution in [3.05, 3.63) is 53.6 Å². The summed E-state index contributed by atoms with van der Waals surface area (Å²) in [6.07, 6.45) is 3.20. The van der Waals surface area contributed by atoms with Crippen LogP contribution in [0.2, 0.25) is 0 Å². The zero-order valence-corrected chi connectivity index (χ0v) is 18.1. The van der Waals surface area contributed by atoms with Crippen LogP contribution in [0.3, 0.4) is 0 Å². The Morgan fingerprint density at radius 1 is 1.00 bits per heavy atom. The lowest BCUT2D eigenvalue weighted by Gasteiger charge is -2.34. The molecule has 31 heavy (non-hydrogen) atoms. The van der Waals surface area contributed by atoms with E-state index in [4.69, 9.17) is 9.47 Å². The number of carbonyl (C=O) groups is 1. The molecule has 0 aromatic heterocycles. The molecule has 162 valence electrons. The van der Waals surface area contributed by atoms with E-state index in [-0.39, 0.29) is 9.80 Å². The molecule has 2 aromatic carbocycles. The molecular formula is C23H24N2O5S. The van der Waals surface area contributed by atoms with Gasteiger partial charge in [0.25, 0.3) is 5.91 Å². The van der Waals surface area contributed by atoms with Crippen LogP contribution in [0.1, 0.15) is 19.8 Å². The average molecular weight is 441 g/mol. The van der Waals surface area contributed by atoms with Gasteiger partial charge in [0.1, 0.15) is 13.2 Å². The minimum absolute atomic E-state index is 0.126. The molecule has 8 heteroatoms. The summed E-state index contributed by atoms with van der Waals surface area (Å²) in [5, 5.41) is 0. The number of rotatable bonds is 2. The second kappa shape index (κ2) is 7.60. The first-order valence-electron chi connectivity index (χ1n) is 10.5. The van der Waals surface area contributed by atoms with Gasteiger partial charge in [-0.2, -0.15) is 0 Å². The molecular weight excluding hydrogens is 416 g/mol. The summed E-state index contributed by atoms with van der Waals surface area (Å²) in [6.45, 7) is 4.23. The SMILES string of the molecule is CC1CCN(C(=O)C2=CN(c3ccc4c(c3)OCCO4)c3ccccc3S2(=O)=O)CC1. The summed E-state index contributed by atoms with van der Waals surface area (Å²) in [6, 6.07) is 12.2. The molecule has 0 radical (unpaired) electrons. The average Bonchev–Trinajstić information content (AvgIpc) is 2.79. The number of hydrogen-bond acceptors (Lipinski definition) is 6. The zero-order chi connectivity index (χ0) is 21.6. The van der Waals surface area contributed by atoms with Crippen LogP contribution in [0.4, 0.5) is 11.4 Å². The predicted octanol–water partition coefficient (Wildman–Crippen LogP) is 3.48. The summed E-state index contributed by atoms with van der Waals surface area (Å²) in [5.74, 6) is 1.34. The third kappa shape index (κ3) is 3.44. The van der Waals surface area contributed by atoms with Crippen LogP contribution in [0, 0.1) is 5.92 Å². The van der Waals surface area contributed by atoms with Gasteiger partial charge in [0.15, 0.2) is 16.4 Å². The van der Waals surface area contributed by atoms with E-state index in [0.29, 0.717) is 55.1 Å². The number of anilines is 2. The summed E-state index contributed by atoms with van der Waals surface area (Å²) in [4.78, 5) is 16.6. The molecule has 1 fully saturated rings. The number of ether oxygens (including phenoxy) is 2. The van der Waals surface area contributed by atoms with E-state index in [1.165, 1.54) is 6.20 Å². The van der Waals surface area contributed by atoms with Crippen LogP contribution in [0.5, 0.6) is 11.5 Å². The van der Waals surface area contributed by atoms with Crippen molar-refractivity contribution in [3.8, 4) is 11.5 Å². The van der Waals surface area contributed by atoms with E-state index in [2.05, 4.69) is 6.92 Å². The highest BCUT2D eigenvalue weighted by atomic mass is 32.2. The van der Waals surface area contributed by atoms with Crippen LogP contribution in [0.25, 0.3) is 0 Å². The Kier molecular flexibility index (Phi) is 4.89. The minimum atomic E-state index is -3.93. The first kappa shape index (κ1) is 19.9. The molecule has 3 aliphatic heterocycles. The van der Waals surface area contributed by atoms with Crippen LogP contribution in [-0.2, 0) is 14.6 Å². The van der Waals surface area contributed by atoms with Gasteiger partial charge in [0.05, 0.1) is 10.6 Å². The second-order valence-electron chi connectivity index (χ2n) is 8.14. The molecule has 0 spiro atoms. The Balaban J connectivity index is 1.60. The van der Waals surface area contributed by atoms with Crippen molar-refractivity contribution < 1.29 is 22.7 Å². The lowest BCUT2D eigenvalue weighted by Crippen LogP contribution is -2.41. The van der Waals surface area contributed by atoms with Crippen molar-refractivity contribution in [1.82, 2.24) is 4.90 Å². The number of nitrogens with zero attached hydrogens (tertiary/aromatic N) is 2. The number of sulfone groups is 1. The molecule has 0 N–H and O–H groups in total. The summed E-state index contributed by atoms with van der Waals surface area (Å²) in [7, 11) is -3.93. The lowest BCUT2D eigenvalue weighted by molar-refractivity contribution is -0.127. The van der Waals surface area contributed by atoms with Crippen LogP contribution < -0.4 is 14.4 Å². The molecule has 3 heterocycles. The minimum Gasteiger partial charge on any atom is -0.486 e. The van der Waals surface area contributed by atoms with Crippen molar-refractivity contribution in [2.75, 3.05) is 31.2 Å². The van der Waals surface area contributed by atoms with Gasteiger partial charge >= 0.3 is 0 Å². The Hall–Kier alpha value is -3.00. The fourth-order valence-electron chi connectivity index (χ4n) is 4.19. The lowest BCUT2D eigenvalue weighted by atomic mass is 9.99. The van der Waals surface area contributed by atoms with Gasteiger partial charge < -0.3 is 19.3 Å². The Morgan fingerprint density at radius 2 is 1.71 bits per heavy atom. The van der Waals surface area contributed by atoms with Gasteiger partial charge in [0, 0.05) is 31.0 Å². The first-order valence-corrected chi connectivity index (χ1v) is 12.0. The van der Waals surface area contributed by atoms with Crippen LogP contribution >= 0.6 is 0 Å². The number of benzene rings is 2. The van der Waals surface area contributed by atoms with E-state index in [0.717, 1.165) is 12.8 Å². The fourth-order valence-corrected chi connectivity index (χ4v) is 5.73. The molecule has 2 aromatic rings. The molecule has 0 unspecified atom stereocenters. The molecule has 0 atom stereocenters. The third-order valence-corrected chi connectivity index (χ3v) is 7.82. The number of hydrogen-bond donors (Lipinski definition) is 0. The van der Waals surface area contributed by atoms with E-state index in [9.17, 15) is 13.2 Å². The van der Waals surface area contributed by atoms with Crippen LogP contribution in [0.15, 0.2) is 58.5 Å². The smallest absolute Gasteiger partial charge is 0.267 e. The number of para-hydroxylation sites is 1. The summed E-state index contributed by atoms with van der Waals surface area (Å²) < 4.78 is 38.0. The number of fused-ring (bicyclic) bond motifs is 2. The van der Waals surface area contributed by atoms with Gasteiger partial charge in [-0.15, -0.1) is 0 Å². The predicted molar refractivity (Wildman–Crippen MR) is 116 cm³/mol. The van der Waals surface area contributed by atoms with E-state index >= 15 is 0 Å². The first-order chi connectivity index (χ1) is 14.9. The van der Waals surface area contributed by atoms with Gasteiger partial charge in [-0.25, -0.2) is 8.42 Å². The molecule has 7 nitrogen and oxygen atoms in total. The van der Waals surface area contributed by atoms with Crippen molar-refractivity contribution in [2.24, 2.45) is 5.92 Å². The van der Waals surface area contributed by atoms with Gasteiger partial charge in [-0.3, -0.25) is 4.79 Å². The van der Waals surface area contributed by atoms with E-state index < -0.39 is 15.7 Å². The molecule has 1 amide bonds. The monoisotopic (exact) mass is 440 g/mol. The quantitative estimate of drug-likeness (QED) is 0.712. The van der Waals surface area contributed by atoms with Gasteiger partial charge in [-0.1, -0.05) is 19.1 Å². The van der Waals surface area contributed by atoms with Crippen molar-refractivity contribution in [3.63, 3.8) is 0 Å². The Bertz CT molecular complexity index is 1170. The second-order valence-corrected chi connectivity index (χ2v) is 10.0. The highest BCUT2D eigenvalue weighted by Gasteiger charge is 2.38. The third-order valence-electron chi connectivity index (χ3n) is 6.04. The maximum Gasteiger partial charge on any atom is 0.267 e. The highest BCUT2D eigenvalue weighted by Crippen LogP contribution is 2.42. The molecule has 0 aliphatic carbocycles. The van der Waals surface area contributed by atoms with Crippen molar-refractivity contribution in [2.45, 2.75) is 24.7 Å². The Morgan fingerprint density at radius 3 is 2.48 bits per heavy atom. The number of piperidine rings is 1. The van der Waals surface area contributed by atoms with E-state index in [1.54, 1.807) is 40.1 Å². The van der Waals surface area contributed by atoms with Gasteiger partial charge in [0.2, 0.25) is 9.84 Å². The fraction of sp³-hybridized carbons (Fsp3) is 0.348. The largest absolute Gasteiger partial charge is 0.486 e. The highest BCUT2D eigenvalue weighted by molar-refractivity contribution is 7.96. The Labute approximate surface area is 181 Å². The standard InChI is InChI=1S/C23H24N2O5S/c1-16-8-10-24(11-9-16)23(26)22-15-25(18-4-2-3-5-21(18)31(22,27)28)17-6-7-19-20(14-17)30-13-12-29-19/h2-7,14-16H,8-13H2,1H3. The summed E-state index contributed by atoms with van der Waals surface area (Å²) in [5.41, 5.74) is 1.20. The maximum absolute atomic E-state index is 13.4. The van der Waals surface area contributed by atoms with E-state index in [1.807, 2.05) is 12.1 Å². The van der Waals surface area contributed by atoms with Crippen LogP contribution in [-0.4, -0.2) is 45.5 Å². The number of carbonyl (C=O) groups excluding carboxylic acids is 1. The zero-order valence-electron chi connectivity index (χ0n) is 17.3. The summed E-state index contributed by atoms with van der Waals surface area (Å²) >= 11 is 0. The molecule has 1 saturated heterocycles. The number of likely N-dealkylation sites (tertiary alicyclic amines) is 1. The van der Waals surface area contributed by atoms with Crippen molar-refractivity contribution in [1.29, 1.82) is 0 Å². The number of amides is 1. The topological polar surface area (TPSA) is 76.2 Å². The normalized spacial score (nSPS) is 20.1. The van der Waals surface area contributed by atoms with Crippen molar-refractivity contribution >= 4 is 27.1 Å². The maximum atomic E-state index is 13.4.